The molecule has 0 radical (unpaired) electrons. The predicted molar refractivity (Wildman–Crippen MR) is 69.7 cm³/mol. The first-order chi connectivity index (χ1) is 11.4. The molecule has 1 aromatic rings. The molecule has 0 aromatic heterocycles. The molecule has 11 heteroatoms. The molecule has 0 aliphatic rings. The summed E-state index contributed by atoms with van der Waals surface area (Å²) in [4.78, 5) is 21.4. The summed E-state index contributed by atoms with van der Waals surface area (Å²) in [6.45, 7) is 0. The first kappa shape index (κ1) is 20.5. The van der Waals surface area contributed by atoms with Gasteiger partial charge in [0.1, 0.15) is 6.29 Å². The maximum absolute atomic E-state index is 13.2. The SMILES string of the molecule is COc1cc(/C=C/C=O)ccc1OC(=O)C(F)(F)C(F)(F)C(F)(F)F. The predicted octanol–water partition coefficient (Wildman–Crippen LogP) is 3.65. The van der Waals surface area contributed by atoms with Crippen molar-refractivity contribution in [2.45, 2.75) is 18.0 Å². The maximum atomic E-state index is 13.2. The number of alkyl halides is 7. The Kier molecular flexibility index (Phi) is 5.82. The molecular formula is C14H9F7O4. The van der Waals surface area contributed by atoms with E-state index in [9.17, 15) is 40.3 Å². The monoisotopic (exact) mass is 374 g/mol. The first-order valence-electron chi connectivity index (χ1n) is 6.23. The molecule has 1 aromatic carbocycles. The highest BCUT2D eigenvalue weighted by atomic mass is 19.4. The lowest BCUT2D eigenvalue weighted by Gasteiger charge is -2.26. The molecule has 0 bridgehead atoms. The van der Waals surface area contributed by atoms with Crippen LogP contribution in [0.4, 0.5) is 30.7 Å². The Morgan fingerprint density at radius 3 is 2.12 bits per heavy atom. The molecule has 0 heterocycles. The maximum Gasteiger partial charge on any atom is 0.460 e. The molecule has 0 amide bonds. The molecule has 0 spiro atoms. The number of methoxy groups -OCH3 is 1. The van der Waals surface area contributed by atoms with Gasteiger partial charge in [0.15, 0.2) is 11.5 Å². The van der Waals surface area contributed by atoms with Crippen molar-refractivity contribution in [2.24, 2.45) is 0 Å². The van der Waals surface area contributed by atoms with Crippen molar-refractivity contribution in [1.82, 2.24) is 0 Å². The van der Waals surface area contributed by atoms with Crippen LogP contribution in [0.15, 0.2) is 24.3 Å². The van der Waals surface area contributed by atoms with Crippen molar-refractivity contribution in [3.05, 3.63) is 29.8 Å². The number of benzene rings is 1. The van der Waals surface area contributed by atoms with Gasteiger partial charge in [0.05, 0.1) is 7.11 Å². The van der Waals surface area contributed by atoms with Crippen LogP contribution in [0.2, 0.25) is 0 Å². The van der Waals surface area contributed by atoms with Crippen molar-refractivity contribution in [2.75, 3.05) is 7.11 Å². The summed E-state index contributed by atoms with van der Waals surface area (Å²) in [7, 11) is 1.00. The van der Waals surface area contributed by atoms with E-state index in [1.807, 2.05) is 0 Å². The number of rotatable bonds is 6. The van der Waals surface area contributed by atoms with Crippen LogP contribution in [-0.4, -0.2) is 37.4 Å². The van der Waals surface area contributed by atoms with Crippen LogP contribution in [0, 0.1) is 0 Å². The fourth-order valence-corrected chi connectivity index (χ4v) is 1.49. The third kappa shape index (κ3) is 4.09. The van der Waals surface area contributed by atoms with E-state index < -0.39 is 35.5 Å². The zero-order valence-electron chi connectivity index (χ0n) is 12.2. The van der Waals surface area contributed by atoms with Gasteiger partial charge in [0.25, 0.3) is 0 Å². The van der Waals surface area contributed by atoms with E-state index in [1.54, 1.807) is 0 Å². The first-order valence-corrected chi connectivity index (χ1v) is 6.23. The summed E-state index contributed by atoms with van der Waals surface area (Å²) in [5.41, 5.74) is 0.274. The molecule has 0 aliphatic heterocycles. The molecule has 0 unspecified atom stereocenters. The minimum absolute atomic E-state index is 0.274. The highest BCUT2D eigenvalue weighted by Crippen LogP contribution is 2.47. The number of halogens is 7. The lowest BCUT2D eigenvalue weighted by atomic mass is 10.1. The number of ether oxygens (including phenoxy) is 2. The molecule has 0 saturated heterocycles. The zero-order chi connectivity index (χ0) is 19.5. The van der Waals surface area contributed by atoms with Gasteiger partial charge < -0.3 is 9.47 Å². The average Bonchev–Trinajstić information content (AvgIpc) is 2.52. The second kappa shape index (κ2) is 7.11. The number of carbonyl (C=O) groups excluding carboxylic acids is 2. The van der Waals surface area contributed by atoms with Crippen LogP contribution >= 0.6 is 0 Å². The number of allylic oxidation sites excluding steroid dienone is 1. The van der Waals surface area contributed by atoms with Gasteiger partial charge in [-0.2, -0.15) is 30.7 Å². The molecule has 0 fully saturated rings. The fraction of sp³-hybridized carbons (Fsp3) is 0.286. The number of esters is 1. The van der Waals surface area contributed by atoms with Gasteiger partial charge in [0.2, 0.25) is 0 Å². The number of carbonyl (C=O) groups is 2. The summed E-state index contributed by atoms with van der Waals surface area (Å²) < 4.78 is 96.8. The van der Waals surface area contributed by atoms with E-state index in [0.29, 0.717) is 6.29 Å². The number of hydrogen-bond donors (Lipinski definition) is 0. The van der Waals surface area contributed by atoms with Gasteiger partial charge in [-0.25, -0.2) is 4.79 Å². The highest BCUT2D eigenvalue weighted by Gasteiger charge is 2.77. The van der Waals surface area contributed by atoms with Crippen molar-refractivity contribution >= 4 is 18.3 Å². The van der Waals surface area contributed by atoms with E-state index >= 15 is 0 Å². The van der Waals surface area contributed by atoms with Crippen molar-refractivity contribution < 1.29 is 49.8 Å². The summed E-state index contributed by atoms with van der Waals surface area (Å²) in [5.74, 6) is -17.1. The summed E-state index contributed by atoms with van der Waals surface area (Å²) in [5, 5.41) is 0. The van der Waals surface area contributed by atoms with Crippen LogP contribution in [0.5, 0.6) is 11.5 Å². The van der Waals surface area contributed by atoms with Gasteiger partial charge in [-0.3, -0.25) is 4.79 Å². The minimum Gasteiger partial charge on any atom is -0.493 e. The van der Waals surface area contributed by atoms with Gasteiger partial charge in [-0.1, -0.05) is 12.1 Å². The number of aldehydes is 1. The molecule has 0 atom stereocenters. The zero-order valence-corrected chi connectivity index (χ0v) is 12.2. The van der Waals surface area contributed by atoms with Gasteiger partial charge in [0, 0.05) is 0 Å². The molecule has 0 N–H and O–H groups in total. The van der Waals surface area contributed by atoms with Gasteiger partial charge in [-0.15, -0.1) is 0 Å². The largest absolute Gasteiger partial charge is 0.493 e. The number of hydrogen-bond acceptors (Lipinski definition) is 4. The Labute approximate surface area is 135 Å². The Hall–Kier alpha value is -2.59. The Balaban J connectivity index is 3.15. The van der Waals surface area contributed by atoms with Gasteiger partial charge >= 0.3 is 24.0 Å². The lowest BCUT2D eigenvalue weighted by molar-refractivity contribution is -0.346. The lowest BCUT2D eigenvalue weighted by Crippen LogP contribution is -2.57. The summed E-state index contributed by atoms with van der Waals surface area (Å²) in [6, 6.07) is 3.01. The Bertz CT molecular complexity index is 680. The topological polar surface area (TPSA) is 52.6 Å². The molecule has 0 saturated carbocycles. The van der Waals surface area contributed by atoms with E-state index in [1.165, 1.54) is 6.08 Å². The quantitative estimate of drug-likeness (QED) is 0.251. The van der Waals surface area contributed by atoms with Crippen LogP contribution in [0.25, 0.3) is 6.08 Å². The summed E-state index contributed by atoms with van der Waals surface area (Å²) >= 11 is 0. The Morgan fingerprint density at radius 2 is 1.64 bits per heavy atom. The smallest absolute Gasteiger partial charge is 0.460 e. The molecule has 4 nitrogen and oxygen atoms in total. The van der Waals surface area contributed by atoms with E-state index in [4.69, 9.17) is 0 Å². The highest BCUT2D eigenvalue weighted by molar-refractivity contribution is 5.82. The Morgan fingerprint density at radius 1 is 1.04 bits per heavy atom. The van der Waals surface area contributed by atoms with Crippen molar-refractivity contribution in [1.29, 1.82) is 0 Å². The summed E-state index contributed by atoms with van der Waals surface area (Å²) in [6.07, 6.45) is -3.95. The average molecular weight is 374 g/mol. The third-order valence-corrected chi connectivity index (χ3v) is 2.76. The van der Waals surface area contributed by atoms with Crippen LogP contribution in [0.1, 0.15) is 5.56 Å². The second-order valence-electron chi connectivity index (χ2n) is 4.44. The van der Waals surface area contributed by atoms with E-state index in [0.717, 1.165) is 31.4 Å². The van der Waals surface area contributed by atoms with Crippen molar-refractivity contribution in [3.8, 4) is 11.5 Å². The van der Waals surface area contributed by atoms with E-state index in [2.05, 4.69) is 9.47 Å². The van der Waals surface area contributed by atoms with E-state index in [-0.39, 0.29) is 5.56 Å². The fourth-order valence-electron chi connectivity index (χ4n) is 1.49. The molecule has 1 rings (SSSR count). The van der Waals surface area contributed by atoms with Crippen LogP contribution in [-0.2, 0) is 9.59 Å². The molecule has 0 aliphatic carbocycles. The van der Waals surface area contributed by atoms with Crippen molar-refractivity contribution in [3.63, 3.8) is 0 Å². The molecule has 138 valence electrons. The van der Waals surface area contributed by atoms with Gasteiger partial charge in [-0.05, 0) is 23.8 Å². The molecular weight excluding hydrogens is 365 g/mol. The third-order valence-electron chi connectivity index (χ3n) is 2.76. The standard InChI is InChI=1S/C14H9F7O4/c1-24-10-7-8(3-2-6-22)4-5-9(10)25-11(23)12(15,16)13(17,18)14(19,20)21/h2-7H,1H3/b3-2+. The van der Waals surface area contributed by atoms with Crippen LogP contribution in [0.3, 0.4) is 0 Å². The van der Waals surface area contributed by atoms with Crippen LogP contribution < -0.4 is 9.47 Å². The normalized spacial score (nSPS) is 13.0. The second-order valence-corrected chi connectivity index (χ2v) is 4.44. The molecule has 25 heavy (non-hydrogen) atoms. The minimum atomic E-state index is -6.66.